The number of hydrogen-bond acceptors (Lipinski definition) is 4. The topological polar surface area (TPSA) is 52.1 Å². The summed E-state index contributed by atoms with van der Waals surface area (Å²) in [5.74, 6) is 0. The second-order valence-electron chi connectivity index (χ2n) is 0.357. The molecule has 0 fully saturated rings. The molecule has 0 bridgehead atoms. The Morgan fingerprint density at radius 3 is 1.83 bits per heavy atom. The van der Waals surface area contributed by atoms with E-state index in [0.29, 0.717) is 0 Å². The van der Waals surface area contributed by atoms with Gasteiger partial charge in [-0.15, -0.1) is 11.7 Å². The highest BCUT2D eigenvalue weighted by molar-refractivity contribution is 8.78. The molecular weight excluding hydrogens is 138 g/mol. The maximum Gasteiger partial charge on any atom is 0.253 e. The highest BCUT2D eigenvalue weighted by Gasteiger charge is 1.80. The molecule has 5 heteroatoms. The first-order valence-electron chi connectivity index (χ1n) is 0.814. The van der Waals surface area contributed by atoms with Gasteiger partial charge in [0.05, 0.1) is 0 Å². The second kappa shape index (κ2) is 5.68. The number of carbonyl (C=O) groups is 1. The first kappa shape index (κ1) is 9.84. The zero-order valence-electron chi connectivity index (χ0n) is 2.92. The van der Waals surface area contributed by atoms with Crippen LogP contribution in [-0.2, 0) is 0 Å². The van der Waals surface area contributed by atoms with Crippen LogP contribution >= 0.6 is 35.1 Å². The Balaban J connectivity index is 0. The van der Waals surface area contributed by atoms with Crippen LogP contribution in [0.4, 0.5) is 4.79 Å². The Bertz CT molecular complexity index is 46.1. The van der Waals surface area contributed by atoms with Gasteiger partial charge in [0.1, 0.15) is 0 Å². The fourth-order valence-corrected chi connectivity index (χ4v) is 0. The number of hydrogen-bond donors (Lipinski definition) is 3. The number of rotatable bonds is 0. The lowest BCUT2D eigenvalue weighted by Crippen LogP contribution is -1.55. The van der Waals surface area contributed by atoms with E-state index in [1.165, 1.54) is 0 Å². The molecular formula is CH5NOS3. The van der Waals surface area contributed by atoms with Crippen LogP contribution in [0.25, 0.3) is 0 Å². The molecule has 0 atom stereocenters. The summed E-state index contributed by atoms with van der Waals surface area (Å²) in [6, 6.07) is 0. The summed E-state index contributed by atoms with van der Waals surface area (Å²) < 4.78 is -0.270. The molecule has 0 spiro atoms. The number of thiol groups is 2. The average molecular weight is 143 g/mol. The predicted molar refractivity (Wildman–Crippen MR) is 36.0 cm³/mol. The van der Waals surface area contributed by atoms with Crippen LogP contribution in [0.3, 0.4) is 0 Å². The van der Waals surface area contributed by atoms with Gasteiger partial charge in [-0.25, -0.2) is 0 Å². The summed E-state index contributed by atoms with van der Waals surface area (Å²) in [5, 5.41) is 0. The first-order chi connectivity index (χ1) is 2.27. The Hall–Kier alpha value is 0.680. The van der Waals surface area contributed by atoms with Gasteiger partial charge >= 0.3 is 0 Å². The van der Waals surface area contributed by atoms with Crippen LogP contribution in [0.15, 0.2) is 0 Å². The van der Waals surface area contributed by atoms with E-state index in [1.807, 2.05) is 0 Å². The van der Waals surface area contributed by atoms with E-state index in [-0.39, 0.29) is 10.6 Å². The van der Waals surface area contributed by atoms with Crippen molar-refractivity contribution in [2.75, 3.05) is 0 Å². The van der Waals surface area contributed by atoms with Gasteiger partial charge in [-0.3, -0.25) is 4.79 Å². The Morgan fingerprint density at radius 1 is 1.67 bits per heavy atom. The maximum absolute atomic E-state index is 9.56. The lowest BCUT2D eigenvalue weighted by atomic mass is 11.8. The summed E-state index contributed by atoms with van der Waals surface area (Å²) in [6.45, 7) is 0. The van der Waals surface area contributed by atoms with Gasteiger partial charge in [0.2, 0.25) is 0 Å². The fourth-order valence-electron chi connectivity index (χ4n) is 0. The molecule has 0 aliphatic carbocycles. The highest BCUT2D eigenvalue weighted by Crippen LogP contribution is 2.09. The molecule has 0 aliphatic heterocycles. The summed E-state index contributed by atoms with van der Waals surface area (Å²) in [7, 11) is 0.799. The van der Waals surface area contributed by atoms with Gasteiger partial charge in [0.15, 0.2) is 0 Å². The van der Waals surface area contributed by atoms with Crippen LogP contribution in [0.1, 0.15) is 0 Å². The monoisotopic (exact) mass is 143 g/mol. The lowest BCUT2D eigenvalue weighted by molar-refractivity contribution is 0.277. The molecule has 0 unspecified atom stereocenters. The van der Waals surface area contributed by atoms with Crippen molar-refractivity contribution < 1.29 is 4.79 Å². The molecule has 0 saturated carbocycles. The minimum atomic E-state index is -0.270. The molecule has 0 amide bonds. The standard InChI is InChI=1S/CH2OS3.H3N/c2-1(3)5-4;/h4H,(H,2,3);1H3. The van der Waals surface area contributed by atoms with Gasteiger partial charge in [0.25, 0.3) is 4.45 Å². The normalized spacial score (nSPS) is 6.33. The van der Waals surface area contributed by atoms with Crippen molar-refractivity contribution in [3.05, 3.63) is 0 Å². The zero-order valence-corrected chi connectivity index (χ0v) is 5.52. The fraction of sp³-hybridized carbons (Fsp3) is 0. The van der Waals surface area contributed by atoms with Crippen LogP contribution < -0.4 is 6.15 Å². The van der Waals surface area contributed by atoms with E-state index in [1.54, 1.807) is 0 Å². The van der Waals surface area contributed by atoms with Crippen LogP contribution in [-0.4, -0.2) is 4.45 Å². The van der Waals surface area contributed by atoms with Crippen molar-refractivity contribution in [1.29, 1.82) is 0 Å². The third-order valence-electron chi connectivity index (χ3n) is 0.0781. The third kappa shape index (κ3) is 8.82. The smallest absolute Gasteiger partial charge is 0.253 e. The largest absolute Gasteiger partial charge is 0.344 e. The molecule has 0 aliphatic rings. The second-order valence-corrected chi connectivity index (χ2v) is 2.17. The molecule has 38 valence electrons. The molecule has 0 rings (SSSR count). The minimum Gasteiger partial charge on any atom is -0.344 e. The van der Waals surface area contributed by atoms with E-state index in [0.717, 1.165) is 10.8 Å². The van der Waals surface area contributed by atoms with Gasteiger partial charge in [-0.1, -0.05) is 12.6 Å². The van der Waals surface area contributed by atoms with E-state index in [2.05, 4.69) is 24.3 Å². The molecule has 2 nitrogen and oxygen atoms in total. The summed E-state index contributed by atoms with van der Waals surface area (Å²) >= 11 is 6.85. The van der Waals surface area contributed by atoms with Crippen molar-refractivity contribution in [2.24, 2.45) is 0 Å². The average Bonchev–Trinajstić information content (AvgIpc) is 1.38. The molecule has 0 aromatic carbocycles. The molecule has 0 heterocycles. The summed E-state index contributed by atoms with van der Waals surface area (Å²) in [6.07, 6.45) is 0. The minimum absolute atomic E-state index is 0. The van der Waals surface area contributed by atoms with Crippen molar-refractivity contribution in [3.63, 3.8) is 0 Å². The Kier molecular flexibility index (Phi) is 9.31. The van der Waals surface area contributed by atoms with Gasteiger partial charge in [-0.05, 0) is 10.8 Å². The van der Waals surface area contributed by atoms with Gasteiger partial charge in [0, 0.05) is 0 Å². The van der Waals surface area contributed by atoms with Crippen molar-refractivity contribution in [1.82, 2.24) is 6.15 Å². The van der Waals surface area contributed by atoms with Crippen LogP contribution in [0, 0.1) is 0 Å². The van der Waals surface area contributed by atoms with E-state index >= 15 is 0 Å². The molecule has 0 aromatic rings. The van der Waals surface area contributed by atoms with Crippen molar-refractivity contribution >= 4 is 39.5 Å². The first-order valence-corrected chi connectivity index (χ1v) is 3.13. The Labute approximate surface area is 50.9 Å². The van der Waals surface area contributed by atoms with E-state index in [4.69, 9.17) is 0 Å². The third-order valence-corrected chi connectivity index (χ3v) is 1.44. The van der Waals surface area contributed by atoms with Crippen LogP contribution in [0.5, 0.6) is 0 Å². The maximum atomic E-state index is 9.56. The lowest BCUT2D eigenvalue weighted by Gasteiger charge is -1.69. The Morgan fingerprint density at radius 2 is 1.83 bits per heavy atom. The predicted octanol–water partition coefficient (Wildman–Crippen LogP) is 1.78. The van der Waals surface area contributed by atoms with Crippen molar-refractivity contribution in [2.45, 2.75) is 0 Å². The molecule has 0 aromatic heterocycles. The summed E-state index contributed by atoms with van der Waals surface area (Å²) in [4.78, 5) is 9.56. The van der Waals surface area contributed by atoms with Gasteiger partial charge < -0.3 is 6.15 Å². The summed E-state index contributed by atoms with van der Waals surface area (Å²) in [5.41, 5.74) is 0. The molecule has 0 saturated heterocycles. The van der Waals surface area contributed by atoms with Crippen LogP contribution in [0.2, 0.25) is 0 Å². The number of carbonyl (C=O) groups excluding carboxylic acids is 1. The van der Waals surface area contributed by atoms with Gasteiger partial charge in [-0.2, -0.15) is 0 Å². The quantitative estimate of drug-likeness (QED) is 0.358. The molecule has 6 heavy (non-hydrogen) atoms. The molecule has 3 N–H and O–H groups in total. The van der Waals surface area contributed by atoms with E-state index < -0.39 is 0 Å². The molecule has 0 radical (unpaired) electrons. The van der Waals surface area contributed by atoms with E-state index in [9.17, 15) is 4.79 Å². The SMILES string of the molecule is N.O=C(S)SS. The zero-order chi connectivity index (χ0) is 4.28. The van der Waals surface area contributed by atoms with Crippen molar-refractivity contribution in [3.8, 4) is 0 Å². The highest BCUT2D eigenvalue weighted by atomic mass is 33.1.